The van der Waals surface area contributed by atoms with Crippen LogP contribution in [-0.4, -0.2) is 37.7 Å². The highest BCUT2D eigenvalue weighted by Gasteiger charge is 2.33. The summed E-state index contributed by atoms with van der Waals surface area (Å²) in [6.45, 7) is 6.63. The second kappa shape index (κ2) is 8.73. The first-order valence-electron chi connectivity index (χ1n) is 9.39. The van der Waals surface area contributed by atoms with Gasteiger partial charge in [-0.05, 0) is 42.7 Å². The molecule has 146 valence electrons. The van der Waals surface area contributed by atoms with Gasteiger partial charge in [0.2, 0.25) is 5.16 Å². The zero-order chi connectivity index (χ0) is 19.4. The van der Waals surface area contributed by atoms with Crippen LogP contribution in [0, 0.1) is 17.8 Å². The van der Waals surface area contributed by atoms with Crippen LogP contribution in [0.15, 0.2) is 29.7 Å². The highest BCUT2D eigenvalue weighted by Crippen LogP contribution is 2.35. The van der Waals surface area contributed by atoms with Gasteiger partial charge in [-0.15, -0.1) is 10.2 Å². The minimum absolute atomic E-state index is 0.00329. The second-order valence-electron chi connectivity index (χ2n) is 7.56. The van der Waals surface area contributed by atoms with Crippen LogP contribution in [0.4, 0.5) is 0 Å². The molecule has 0 aromatic carbocycles. The Bertz CT molecular complexity index is 765. The summed E-state index contributed by atoms with van der Waals surface area (Å²) in [5, 5.41) is 8.66. The van der Waals surface area contributed by atoms with Crippen molar-refractivity contribution in [2.75, 3.05) is 11.6 Å². The van der Waals surface area contributed by atoms with E-state index in [0.29, 0.717) is 28.7 Å². The SMILES string of the molecule is CC(C)[C@H]1CC[C@H](C)C[C@H]1OC(=O)CSc1nnc(-c2cccnc2)n1N. The van der Waals surface area contributed by atoms with Crippen LogP contribution in [0.2, 0.25) is 0 Å². The highest BCUT2D eigenvalue weighted by atomic mass is 32.2. The van der Waals surface area contributed by atoms with E-state index in [2.05, 4.69) is 36.0 Å². The molecule has 3 atom stereocenters. The van der Waals surface area contributed by atoms with Crippen LogP contribution in [0.5, 0.6) is 0 Å². The number of rotatable bonds is 6. The van der Waals surface area contributed by atoms with Gasteiger partial charge in [0.25, 0.3) is 0 Å². The predicted molar refractivity (Wildman–Crippen MR) is 105 cm³/mol. The van der Waals surface area contributed by atoms with Crippen molar-refractivity contribution in [2.45, 2.75) is 51.3 Å². The van der Waals surface area contributed by atoms with Crippen LogP contribution in [-0.2, 0) is 9.53 Å². The largest absolute Gasteiger partial charge is 0.461 e. The van der Waals surface area contributed by atoms with Crippen molar-refractivity contribution in [3.63, 3.8) is 0 Å². The Morgan fingerprint density at radius 2 is 2.22 bits per heavy atom. The number of nitrogen functional groups attached to an aromatic ring is 1. The van der Waals surface area contributed by atoms with E-state index in [0.717, 1.165) is 18.4 Å². The summed E-state index contributed by atoms with van der Waals surface area (Å²) in [5.74, 6) is 8.07. The van der Waals surface area contributed by atoms with Crippen molar-refractivity contribution < 1.29 is 9.53 Å². The van der Waals surface area contributed by atoms with Gasteiger partial charge in [-0.3, -0.25) is 9.78 Å². The molecule has 0 amide bonds. The van der Waals surface area contributed by atoms with Gasteiger partial charge in [-0.1, -0.05) is 39.0 Å². The summed E-state index contributed by atoms with van der Waals surface area (Å²) < 4.78 is 7.20. The van der Waals surface area contributed by atoms with Crippen molar-refractivity contribution in [2.24, 2.45) is 17.8 Å². The molecule has 27 heavy (non-hydrogen) atoms. The quantitative estimate of drug-likeness (QED) is 0.460. The van der Waals surface area contributed by atoms with Crippen molar-refractivity contribution in [3.8, 4) is 11.4 Å². The number of hydrogen-bond donors (Lipinski definition) is 1. The van der Waals surface area contributed by atoms with Crippen LogP contribution < -0.4 is 5.84 Å². The molecule has 7 nitrogen and oxygen atoms in total. The van der Waals surface area contributed by atoms with Gasteiger partial charge >= 0.3 is 5.97 Å². The fraction of sp³-hybridized carbons (Fsp3) is 0.579. The molecule has 1 fully saturated rings. The summed E-state index contributed by atoms with van der Waals surface area (Å²) in [6, 6.07) is 3.67. The van der Waals surface area contributed by atoms with Crippen LogP contribution in [0.25, 0.3) is 11.4 Å². The topological polar surface area (TPSA) is 95.9 Å². The Balaban J connectivity index is 1.58. The van der Waals surface area contributed by atoms with Crippen molar-refractivity contribution in [1.29, 1.82) is 0 Å². The van der Waals surface area contributed by atoms with Gasteiger partial charge in [0.05, 0.1) is 5.75 Å². The molecule has 0 radical (unpaired) electrons. The molecule has 0 unspecified atom stereocenters. The summed E-state index contributed by atoms with van der Waals surface area (Å²) >= 11 is 1.24. The Labute approximate surface area is 164 Å². The first kappa shape index (κ1) is 19.7. The van der Waals surface area contributed by atoms with Crippen LogP contribution in [0.1, 0.15) is 40.0 Å². The fourth-order valence-electron chi connectivity index (χ4n) is 3.64. The van der Waals surface area contributed by atoms with Crippen molar-refractivity contribution in [3.05, 3.63) is 24.5 Å². The average Bonchev–Trinajstić information content (AvgIpc) is 3.01. The summed E-state index contributed by atoms with van der Waals surface area (Å²) in [6.07, 6.45) is 6.63. The summed E-state index contributed by atoms with van der Waals surface area (Å²) in [4.78, 5) is 16.5. The van der Waals surface area contributed by atoms with E-state index < -0.39 is 0 Å². The fourth-order valence-corrected chi connectivity index (χ4v) is 4.28. The third kappa shape index (κ3) is 4.80. The molecule has 0 spiro atoms. The monoisotopic (exact) mass is 389 g/mol. The molecule has 0 saturated heterocycles. The molecular formula is C19H27N5O2S. The molecule has 1 saturated carbocycles. The van der Waals surface area contributed by atoms with Gasteiger partial charge in [0, 0.05) is 18.0 Å². The molecule has 0 bridgehead atoms. The van der Waals surface area contributed by atoms with Crippen molar-refractivity contribution >= 4 is 17.7 Å². The zero-order valence-corrected chi connectivity index (χ0v) is 16.9. The molecule has 8 heteroatoms. The normalized spacial score (nSPS) is 22.7. The smallest absolute Gasteiger partial charge is 0.316 e. The second-order valence-corrected chi connectivity index (χ2v) is 8.50. The number of nitrogens with two attached hydrogens (primary N) is 1. The number of esters is 1. The molecular weight excluding hydrogens is 362 g/mol. The van der Waals surface area contributed by atoms with Gasteiger partial charge in [-0.2, -0.15) is 0 Å². The molecule has 2 N–H and O–H groups in total. The molecule has 1 aliphatic carbocycles. The first-order chi connectivity index (χ1) is 13.0. The number of carbonyl (C=O) groups is 1. The Kier molecular flexibility index (Phi) is 6.36. The molecule has 2 aromatic heterocycles. The zero-order valence-electron chi connectivity index (χ0n) is 16.0. The number of ether oxygens (including phenoxy) is 1. The maximum Gasteiger partial charge on any atom is 0.316 e. The number of carbonyl (C=O) groups excluding carboxylic acids is 1. The highest BCUT2D eigenvalue weighted by molar-refractivity contribution is 7.99. The lowest BCUT2D eigenvalue weighted by atomic mass is 9.75. The third-order valence-corrected chi connectivity index (χ3v) is 6.06. The minimum Gasteiger partial charge on any atom is -0.461 e. The number of nitrogens with zero attached hydrogens (tertiary/aromatic N) is 4. The standard InChI is InChI=1S/C19H27N5O2S/c1-12(2)15-7-6-13(3)9-16(15)26-17(25)11-27-19-23-22-18(24(19)20)14-5-4-8-21-10-14/h4-5,8,10,12-13,15-16H,6-7,9,11,20H2,1-3H3/t13-,15+,16+/m0/s1. The number of pyridine rings is 1. The lowest BCUT2D eigenvalue weighted by Gasteiger charge is -2.36. The molecule has 1 aliphatic rings. The number of hydrogen-bond acceptors (Lipinski definition) is 7. The maximum atomic E-state index is 12.4. The molecule has 2 heterocycles. The van der Waals surface area contributed by atoms with E-state index >= 15 is 0 Å². The first-order valence-corrected chi connectivity index (χ1v) is 10.4. The summed E-state index contributed by atoms with van der Waals surface area (Å²) in [7, 11) is 0. The van der Waals surface area contributed by atoms with E-state index in [1.807, 2.05) is 12.1 Å². The van der Waals surface area contributed by atoms with Crippen LogP contribution >= 0.6 is 11.8 Å². The Morgan fingerprint density at radius 1 is 1.41 bits per heavy atom. The third-order valence-electron chi connectivity index (χ3n) is 5.15. The van der Waals surface area contributed by atoms with Gasteiger partial charge < -0.3 is 10.6 Å². The van der Waals surface area contributed by atoms with Gasteiger partial charge in [-0.25, -0.2) is 4.68 Å². The van der Waals surface area contributed by atoms with Crippen LogP contribution in [0.3, 0.4) is 0 Å². The minimum atomic E-state index is -0.226. The number of thioether (sulfide) groups is 1. The molecule has 0 aliphatic heterocycles. The predicted octanol–water partition coefficient (Wildman–Crippen LogP) is 3.15. The maximum absolute atomic E-state index is 12.4. The van der Waals surface area contributed by atoms with E-state index in [9.17, 15) is 4.79 Å². The lowest BCUT2D eigenvalue weighted by Crippen LogP contribution is -2.36. The van der Waals surface area contributed by atoms with Gasteiger partial charge in [0.15, 0.2) is 5.82 Å². The van der Waals surface area contributed by atoms with E-state index in [1.165, 1.54) is 22.9 Å². The molecule has 2 aromatic rings. The van der Waals surface area contributed by atoms with E-state index in [1.54, 1.807) is 12.4 Å². The van der Waals surface area contributed by atoms with Gasteiger partial charge in [0.1, 0.15) is 6.10 Å². The average molecular weight is 390 g/mol. The Hall–Kier alpha value is -2.09. The summed E-state index contributed by atoms with van der Waals surface area (Å²) in [5.41, 5.74) is 0.776. The van der Waals surface area contributed by atoms with E-state index in [4.69, 9.17) is 10.6 Å². The van der Waals surface area contributed by atoms with E-state index in [-0.39, 0.29) is 17.8 Å². The number of aromatic nitrogens is 4. The van der Waals surface area contributed by atoms with Crippen molar-refractivity contribution in [1.82, 2.24) is 19.9 Å². The Morgan fingerprint density at radius 3 is 2.93 bits per heavy atom. The lowest BCUT2D eigenvalue weighted by molar-refractivity contribution is -0.152. The molecule has 3 rings (SSSR count).